The second-order valence-corrected chi connectivity index (χ2v) is 6.06. The SMILES string of the molecule is CCCC1CCN(c2ncc(F)cc2CNC(C)C)C1. The number of halogens is 1. The van der Waals surface area contributed by atoms with E-state index in [0.717, 1.165) is 30.4 Å². The van der Waals surface area contributed by atoms with Crippen LogP contribution in [-0.4, -0.2) is 24.1 Å². The molecule has 1 N–H and O–H groups in total. The lowest BCUT2D eigenvalue weighted by Gasteiger charge is -2.21. The zero-order valence-electron chi connectivity index (χ0n) is 12.8. The molecule has 0 aliphatic carbocycles. The van der Waals surface area contributed by atoms with Crippen molar-refractivity contribution in [3.05, 3.63) is 23.6 Å². The molecule has 1 atom stereocenters. The van der Waals surface area contributed by atoms with E-state index in [9.17, 15) is 4.39 Å². The van der Waals surface area contributed by atoms with Gasteiger partial charge in [0, 0.05) is 31.2 Å². The highest BCUT2D eigenvalue weighted by molar-refractivity contribution is 5.47. The minimum atomic E-state index is -0.251. The maximum absolute atomic E-state index is 13.4. The Hall–Kier alpha value is -1.16. The van der Waals surface area contributed by atoms with Crippen LogP contribution < -0.4 is 10.2 Å². The van der Waals surface area contributed by atoms with Crippen LogP contribution >= 0.6 is 0 Å². The summed E-state index contributed by atoms with van der Waals surface area (Å²) in [5.74, 6) is 1.47. The van der Waals surface area contributed by atoms with Crippen molar-refractivity contribution in [2.24, 2.45) is 5.92 Å². The summed E-state index contributed by atoms with van der Waals surface area (Å²) >= 11 is 0. The maximum Gasteiger partial charge on any atom is 0.141 e. The Morgan fingerprint density at radius 3 is 3.00 bits per heavy atom. The van der Waals surface area contributed by atoms with Gasteiger partial charge in [0.25, 0.3) is 0 Å². The number of hydrogen-bond acceptors (Lipinski definition) is 3. The van der Waals surface area contributed by atoms with Gasteiger partial charge in [0.2, 0.25) is 0 Å². The van der Waals surface area contributed by atoms with Crippen molar-refractivity contribution in [2.75, 3.05) is 18.0 Å². The zero-order chi connectivity index (χ0) is 14.5. The lowest BCUT2D eigenvalue weighted by Crippen LogP contribution is -2.26. The average Bonchev–Trinajstić information content (AvgIpc) is 2.85. The molecule has 1 saturated heterocycles. The molecule has 1 fully saturated rings. The summed E-state index contributed by atoms with van der Waals surface area (Å²) in [6.07, 6.45) is 5.07. The van der Waals surface area contributed by atoms with Crippen molar-refractivity contribution in [3.63, 3.8) is 0 Å². The molecule has 0 amide bonds. The molecule has 20 heavy (non-hydrogen) atoms. The molecule has 1 unspecified atom stereocenters. The molecule has 112 valence electrons. The van der Waals surface area contributed by atoms with Gasteiger partial charge in [0.05, 0.1) is 6.20 Å². The standard InChI is InChI=1S/C16H26FN3/c1-4-5-13-6-7-20(11-13)16-14(9-18-12(2)3)8-15(17)10-19-16/h8,10,12-13,18H,4-7,9,11H2,1-3H3. The summed E-state index contributed by atoms with van der Waals surface area (Å²) in [5.41, 5.74) is 0.968. The van der Waals surface area contributed by atoms with E-state index in [4.69, 9.17) is 0 Å². The summed E-state index contributed by atoms with van der Waals surface area (Å²) in [6, 6.07) is 2.00. The van der Waals surface area contributed by atoms with Crippen LogP contribution in [-0.2, 0) is 6.54 Å². The molecule has 0 aromatic carbocycles. The molecule has 4 heteroatoms. The number of nitrogens with zero attached hydrogens (tertiary/aromatic N) is 2. The highest BCUT2D eigenvalue weighted by Crippen LogP contribution is 2.27. The highest BCUT2D eigenvalue weighted by Gasteiger charge is 2.24. The minimum absolute atomic E-state index is 0.251. The quantitative estimate of drug-likeness (QED) is 0.865. The van der Waals surface area contributed by atoms with Gasteiger partial charge in [-0.15, -0.1) is 0 Å². The van der Waals surface area contributed by atoms with Crippen LogP contribution in [0.15, 0.2) is 12.3 Å². The van der Waals surface area contributed by atoms with E-state index in [1.54, 1.807) is 6.07 Å². The van der Waals surface area contributed by atoms with E-state index in [1.165, 1.54) is 25.5 Å². The lowest BCUT2D eigenvalue weighted by molar-refractivity contribution is 0.529. The number of pyridine rings is 1. The van der Waals surface area contributed by atoms with E-state index >= 15 is 0 Å². The fraction of sp³-hybridized carbons (Fsp3) is 0.688. The molecule has 1 aliphatic rings. The van der Waals surface area contributed by atoms with Crippen LogP contribution in [0.25, 0.3) is 0 Å². The fourth-order valence-corrected chi connectivity index (χ4v) is 2.87. The normalized spacial score (nSPS) is 19.1. The van der Waals surface area contributed by atoms with Crippen LogP contribution in [0.4, 0.5) is 10.2 Å². The van der Waals surface area contributed by atoms with Crippen LogP contribution in [0.5, 0.6) is 0 Å². The molecule has 2 heterocycles. The third-order valence-corrected chi connectivity index (χ3v) is 3.89. The largest absolute Gasteiger partial charge is 0.356 e. The topological polar surface area (TPSA) is 28.2 Å². The first-order valence-corrected chi connectivity index (χ1v) is 7.73. The second kappa shape index (κ2) is 7.02. The van der Waals surface area contributed by atoms with Crippen molar-refractivity contribution in [3.8, 4) is 0 Å². The van der Waals surface area contributed by atoms with Gasteiger partial charge in [-0.1, -0.05) is 27.2 Å². The summed E-state index contributed by atoms with van der Waals surface area (Å²) < 4.78 is 13.4. The smallest absolute Gasteiger partial charge is 0.141 e. The van der Waals surface area contributed by atoms with E-state index in [2.05, 4.69) is 36.0 Å². The summed E-state index contributed by atoms with van der Waals surface area (Å²) in [6.45, 7) is 9.20. The monoisotopic (exact) mass is 279 g/mol. The molecule has 3 nitrogen and oxygen atoms in total. The van der Waals surface area contributed by atoms with Crippen molar-refractivity contribution in [2.45, 2.75) is 52.6 Å². The van der Waals surface area contributed by atoms with Gasteiger partial charge in [0.15, 0.2) is 0 Å². The molecular weight excluding hydrogens is 253 g/mol. The molecular formula is C16H26FN3. The van der Waals surface area contributed by atoms with E-state index in [-0.39, 0.29) is 5.82 Å². The Kier molecular flexibility index (Phi) is 5.35. The molecule has 1 aromatic rings. The molecule has 0 spiro atoms. The van der Waals surface area contributed by atoms with Gasteiger partial charge < -0.3 is 10.2 Å². The zero-order valence-corrected chi connectivity index (χ0v) is 12.8. The fourth-order valence-electron chi connectivity index (χ4n) is 2.87. The van der Waals surface area contributed by atoms with Crippen molar-refractivity contribution >= 4 is 5.82 Å². The Bertz CT molecular complexity index is 434. The summed E-state index contributed by atoms with van der Waals surface area (Å²) in [4.78, 5) is 6.66. The third kappa shape index (κ3) is 3.92. The van der Waals surface area contributed by atoms with Crippen molar-refractivity contribution in [1.82, 2.24) is 10.3 Å². The number of hydrogen-bond donors (Lipinski definition) is 1. The van der Waals surface area contributed by atoms with Crippen molar-refractivity contribution < 1.29 is 4.39 Å². The Morgan fingerprint density at radius 1 is 1.50 bits per heavy atom. The first kappa shape index (κ1) is 15.2. The number of aromatic nitrogens is 1. The van der Waals surface area contributed by atoms with Gasteiger partial charge in [-0.3, -0.25) is 0 Å². The van der Waals surface area contributed by atoms with Gasteiger partial charge in [-0.25, -0.2) is 9.37 Å². The van der Waals surface area contributed by atoms with Gasteiger partial charge >= 0.3 is 0 Å². The molecule has 2 rings (SSSR count). The molecule has 1 aromatic heterocycles. The molecule has 0 bridgehead atoms. The van der Waals surface area contributed by atoms with E-state index in [0.29, 0.717) is 12.6 Å². The summed E-state index contributed by atoms with van der Waals surface area (Å²) in [7, 11) is 0. The van der Waals surface area contributed by atoms with Crippen molar-refractivity contribution in [1.29, 1.82) is 0 Å². The maximum atomic E-state index is 13.4. The predicted molar refractivity (Wildman–Crippen MR) is 81.4 cm³/mol. The highest BCUT2D eigenvalue weighted by atomic mass is 19.1. The van der Waals surface area contributed by atoms with E-state index < -0.39 is 0 Å². The Morgan fingerprint density at radius 2 is 2.30 bits per heavy atom. The summed E-state index contributed by atoms with van der Waals surface area (Å²) in [5, 5.41) is 3.36. The third-order valence-electron chi connectivity index (χ3n) is 3.89. The average molecular weight is 279 g/mol. The van der Waals surface area contributed by atoms with Gasteiger partial charge in [0.1, 0.15) is 11.6 Å². The molecule has 0 radical (unpaired) electrons. The van der Waals surface area contributed by atoms with Crippen LogP contribution in [0, 0.1) is 11.7 Å². The lowest BCUT2D eigenvalue weighted by atomic mass is 10.0. The number of rotatable bonds is 6. The van der Waals surface area contributed by atoms with E-state index in [1.807, 2.05) is 0 Å². The van der Waals surface area contributed by atoms with Crippen LogP contribution in [0.1, 0.15) is 45.6 Å². The molecule has 0 saturated carbocycles. The first-order valence-electron chi connectivity index (χ1n) is 7.73. The van der Waals surface area contributed by atoms with Gasteiger partial charge in [-0.2, -0.15) is 0 Å². The Labute approximate surface area is 121 Å². The second-order valence-electron chi connectivity index (χ2n) is 6.06. The van der Waals surface area contributed by atoms with Crippen LogP contribution in [0.3, 0.4) is 0 Å². The minimum Gasteiger partial charge on any atom is -0.356 e. The van der Waals surface area contributed by atoms with Gasteiger partial charge in [-0.05, 0) is 24.8 Å². The van der Waals surface area contributed by atoms with Crippen LogP contribution in [0.2, 0.25) is 0 Å². The predicted octanol–water partition coefficient (Wildman–Crippen LogP) is 3.35. The first-order chi connectivity index (χ1) is 9.60. The number of nitrogens with one attached hydrogen (secondary N) is 1. The number of anilines is 1. The molecule has 1 aliphatic heterocycles. The Balaban J connectivity index is 2.10.